The molecule has 0 spiro atoms. The number of alkyl halides is 3. The minimum atomic E-state index is -4.61. The molecule has 21 heavy (non-hydrogen) atoms. The van der Waals surface area contributed by atoms with Crippen molar-refractivity contribution in [3.63, 3.8) is 0 Å². The van der Waals surface area contributed by atoms with E-state index in [1.807, 2.05) is 0 Å². The zero-order valence-corrected chi connectivity index (χ0v) is 12.9. The van der Waals surface area contributed by atoms with Gasteiger partial charge in [-0.2, -0.15) is 17.5 Å². The highest BCUT2D eigenvalue weighted by Gasteiger charge is 2.38. The van der Waals surface area contributed by atoms with Gasteiger partial charge in [-0.15, -0.1) is 0 Å². The highest BCUT2D eigenvalue weighted by atomic mass is 32.2. The first-order chi connectivity index (χ1) is 9.45. The summed E-state index contributed by atoms with van der Waals surface area (Å²) >= 11 is 0. The molecule has 1 rings (SSSR count). The Bertz CT molecular complexity index is 578. The molecule has 0 radical (unpaired) electrons. The number of nitrogens with zero attached hydrogens (tertiary/aromatic N) is 1. The molecule has 0 saturated carbocycles. The highest BCUT2D eigenvalue weighted by Crippen LogP contribution is 2.29. The minimum absolute atomic E-state index is 0.0501. The lowest BCUT2D eigenvalue weighted by Crippen LogP contribution is -2.41. The van der Waals surface area contributed by atoms with Gasteiger partial charge in [0.05, 0.1) is 5.69 Å². The quantitative estimate of drug-likeness (QED) is 0.847. The van der Waals surface area contributed by atoms with Crippen LogP contribution in [-0.2, 0) is 10.0 Å². The number of sulfonamides is 1. The van der Waals surface area contributed by atoms with Crippen molar-refractivity contribution in [2.45, 2.75) is 31.8 Å². The molecule has 0 unspecified atom stereocenters. The number of benzene rings is 1. The normalized spacial score (nSPS) is 13.1. The van der Waals surface area contributed by atoms with Gasteiger partial charge >= 0.3 is 6.18 Å². The number of nitrogens with two attached hydrogens (primary N) is 1. The van der Waals surface area contributed by atoms with Gasteiger partial charge in [-0.05, 0) is 24.5 Å². The molecule has 0 saturated heterocycles. The second kappa shape index (κ2) is 6.23. The second-order valence-corrected chi connectivity index (χ2v) is 7.17. The molecule has 1 aromatic rings. The Morgan fingerprint density at radius 2 is 1.86 bits per heavy atom. The Labute approximate surface area is 122 Å². The van der Waals surface area contributed by atoms with Gasteiger partial charge in [-0.1, -0.05) is 26.0 Å². The third-order valence-corrected chi connectivity index (χ3v) is 4.80. The van der Waals surface area contributed by atoms with Crippen LogP contribution in [0.3, 0.4) is 0 Å². The molecule has 0 bridgehead atoms. The van der Waals surface area contributed by atoms with Crippen LogP contribution in [0, 0.1) is 12.8 Å². The van der Waals surface area contributed by atoms with Gasteiger partial charge in [0.25, 0.3) is 0 Å². The molecule has 0 aromatic heterocycles. The molecule has 0 atom stereocenters. The molecular formula is C13H19F3N2O2S. The van der Waals surface area contributed by atoms with Crippen molar-refractivity contribution in [1.82, 2.24) is 4.31 Å². The number of hydrogen-bond donors (Lipinski definition) is 1. The molecule has 0 aliphatic rings. The first kappa shape index (κ1) is 17.8. The summed E-state index contributed by atoms with van der Waals surface area (Å²) in [7, 11) is -4.30. The van der Waals surface area contributed by atoms with E-state index in [9.17, 15) is 21.6 Å². The van der Waals surface area contributed by atoms with Gasteiger partial charge < -0.3 is 5.73 Å². The Hall–Kier alpha value is -1.28. The molecular weight excluding hydrogens is 305 g/mol. The molecule has 0 amide bonds. The third kappa shape index (κ3) is 4.60. The smallest absolute Gasteiger partial charge is 0.398 e. The fourth-order valence-corrected chi connectivity index (χ4v) is 3.92. The lowest BCUT2D eigenvalue weighted by molar-refractivity contribution is -0.136. The fourth-order valence-electron chi connectivity index (χ4n) is 2.01. The van der Waals surface area contributed by atoms with Crippen LogP contribution in [0.1, 0.15) is 19.4 Å². The predicted molar refractivity (Wildman–Crippen MR) is 75.2 cm³/mol. The summed E-state index contributed by atoms with van der Waals surface area (Å²) in [6.45, 7) is 3.06. The van der Waals surface area contributed by atoms with Crippen molar-refractivity contribution >= 4 is 15.7 Å². The summed E-state index contributed by atoms with van der Waals surface area (Å²) in [6, 6.07) is 4.42. The van der Waals surface area contributed by atoms with E-state index in [-0.39, 0.29) is 23.0 Å². The van der Waals surface area contributed by atoms with Crippen LogP contribution in [0.5, 0.6) is 0 Å². The van der Waals surface area contributed by atoms with Crippen LogP contribution in [0.4, 0.5) is 18.9 Å². The maximum absolute atomic E-state index is 12.7. The fraction of sp³-hybridized carbons (Fsp3) is 0.538. The molecule has 4 nitrogen and oxygen atoms in total. The van der Waals surface area contributed by atoms with Crippen molar-refractivity contribution in [3.8, 4) is 0 Å². The highest BCUT2D eigenvalue weighted by molar-refractivity contribution is 7.89. The van der Waals surface area contributed by atoms with Crippen LogP contribution in [-0.4, -0.2) is 32.0 Å². The van der Waals surface area contributed by atoms with Gasteiger partial charge in [0.15, 0.2) is 0 Å². The number of halogens is 3. The molecule has 0 heterocycles. The zero-order chi connectivity index (χ0) is 16.4. The van der Waals surface area contributed by atoms with Gasteiger partial charge in [-0.25, -0.2) is 8.42 Å². The second-order valence-electron chi connectivity index (χ2n) is 5.30. The Morgan fingerprint density at radius 3 is 2.29 bits per heavy atom. The lowest BCUT2D eigenvalue weighted by Gasteiger charge is -2.26. The summed E-state index contributed by atoms with van der Waals surface area (Å²) in [4.78, 5) is -0.255. The van der Waals surface area contributed by atoms with E-state index >= 15 is 0 Å². The topological polar surface area (TPSA) is 63.4 Å². The number of hydrogen-bond acceptors (Lipinski definition) is 3. The van der Waals surface area contributed by atoms with Gasteiger partial charge in [0.2, 0.25) is 10.0 Å². The minimum Gasteiger partial charge on any atom is -0.398 e. The van der Waals surface area contributed by atoms with Crippen LogP contribution in [0.25, 0.3) is 0 Å². The molecule has 0 fully saturated rings. The average molecular weight is 324 g/mol. The van der Waals surface area contributed by atoms with E-state index in [0.717, 1.165) is 0 Å². The van der Waals surface area contributed by atoms with Gasteiger partial charge in [-0.3, -0.25) is 0 Å². The van der Waals surface area contributed by atoms with E-state index in [0.29, 0.717) is 9.87 Å². The summed E-state index contributed by atoms with van der Waals surface area (Å²) in [5, 5.41) is 0. The number of rotatable bonds is 5. The SMILES string of the molecule is Cc1cccc(N)c1S(=O)(=O)N(CC(C)C)CC(F)(F)F. The summed E-state index contributed by atoms with van der Waals surface area (Å²) in [5.74, 6) is -0.243. The monoisotopic (exact) mass is 324 g/mol. The van der Waals surface area contributed by atoms with Crippen LogP contribution in [0.2, 0.25) is 0 Å². The van der Waals surface area contributed by atoms with Crippen LogP contribution in [0.15, 0.2) is 23.1 Å². The first-order valence-electron chi connectivity index (χ1n) is 6.37. The summed E-state index contributed by atoms with van der Waals surface area (Å²) in [5.41, 5.74) is 5.93. The Morgan fingerprint density at radius 1 is 1.29 bits per heavy atom. The number of nitrogen functional groups attached to an aromatic ring is 1. The van der Waals surface area contributed by atoms with Crippen molar-refractivity contribution in [2.24, 2.45) is 5.92 Å². The predicted octanol–water partition coefficient (Wildman–Crippen LogP) is 2.79. The standard InChI is InChI=1S/C13H19F3N2O2S/c1-9(2)7-18(8-13(14,15)16)21(19,20)12-10(3)5-4-6-11(12)17/h4-6,9H,7-8,17H2,1-3H3. The largest absolute Gasteiger partial charge is 0.402 e. The van der Waals surface area contributed by atoms with E-state index in [4.69, 9.17) is 5.73 Å². The van der Waals surface area contributed by atoms with Crippen molar-refractivity contribution in [2.75, 3.05) is 18.8 Å². The molecule has 0 aliphatic carbocycles. The Balaban J connectivity index is 3.33. The summed E-state index contributed by atoms with van der Waals surface area (Å²) < 4.78 is 63.5. The first-order valence-corrected chi connectivity index (χ1v) is 7.81. The van der Waals surface area contributed by atoms with Crippen molar-refractivity contribution in [1.29, 1.82) is 0 Å². The van der Waals surface area contributed by atoms with Gasteiger partial charge in [0.1, 0.15) is 11.4 Å². The molecule has 2 N–H and O–H groups in total. The summed E-state index contributed by atoms with van der Waals surface area (Å²) in [6.07, 6.45) is -4.61. The maximum atomic E-state index is 12.7. The van der Waals surface area contributed by atoms with Crippen LogP contribution >= 0.6 is 0 Å². The number of aryl methyl sites for hydroxylation is 1. The third-order valence-electron chi connectivity index (χ3n) is 2.76. The molecule has 120 valence electrons. The average Bonchev–Trinajstić information content (AvgIpc) is 2.24. The molecule has 8 heteroatoms. The molecule has 1 aromatic carbocycles. The van der Waals surface area contributed by atoms with E-state index < -0.39 is 22.7 Å². The Kier molecular flexibility index (Phi) is 5.27. The zero-order valence-electron chi connectivity index (χ0n) is 12.1. The van der Waals surface area contributed by atoms with Crippen molar-refractivity contribution in [3.05, 3.63) is 23.8 Å². The number of anilines is 1. The maximum Gasteiger partial charge on any atom is 0.402 e. The van der Waals surface area contributed by atoms with Crippen molar-refractivity contribution < 1.29 is 21.6 Å². The lowest BCUT2D eigenvalue weighted by atomic mass is 10.2. The van der Waals surface area contributed by atoms with E-state index in [1.165, 1.54) is 19.1 Å². The van der Waals surface area contributed by atoms with E-state index in [2.05, 4.69) is 0 Å². The van der Waals surface area contributed by atoms with E-state index in [1.54, 1.807) is 19.9 Å². The van der Waals surface area contributed by atoms with Crippen LogP contribution < -0.4 is 5.73 Å². The molecule has 0 aliphatic heterocycles. The van der Waals surface area contributed by atoms with Gasteiger partial charge in [0, 0.05) is 6.54 Å².